The fourth-order valence-electron chi connectivity index (χ4n) is 1.87. The molecule has 1 aromatic heterocycles. The number of nitrogens with zero attached hydrogens (tertiary/aromatic N) is 2. The first-order chi connectivity index (χ1) is 9.43. The van der Waals surface area contributed by atoms with E-state index in [-0.39, 0.29) is 17.6 Å². The molecule has 2 unspecified atom stereocenters. The Morgan fingerprint density at radius 3 is 2.40 bits per heavy atom. The fraction of sp³-hybridized carbons (Fsp3) is 0.467. The van der Waals surface area contributed by atoms with Gasteiger partial charge in [0.15, 0.2) is 0 Å². The molecule has 0 amide bonds. The van der Waals surface area contributed by atoms with Crippen molar-refractivity contribution in [3.05, 3.63) is 47.6 Å². The molecule has 20 heavy (non-hydrogen) atoms. The van der Waals surface area contributed by atoms with Gasteiger partial charge in [0.25, 0.3) is 0 Å². The van der Waals surface area contributed by atoms with Crippen LogP contribution in [0.3, 0.4) is 0 Å². The van der Waals surface area contributed by atoms with Gasteiger partial charge in [-0.05, 0) is 11.0 Å². The first-order valence-corrected chi connectivity index (χ1v) is 6.60. The SMILES string of the molecule is COC(c1ccccc1)c1noc(C(N)C(C)(C)C)n1. The lowest BCUT2D eigenvalue weighted by molar-refractivity contribution is 0.126. The van der Waals surface area contributed by atoms with Crippen molar-refractivity contribution >= 4 is 0 Å². The standard InChI is InChI=1S/C15H21N3O2/c1-15(2,3)12(16)14-17-13(18-20-14)11(19-4)10-8-6-5-7-9-10/h5-9,11-12H,16H2,1-4H3. The number of rotatable bonds is 4. The van der Waals surface area contributed by atoms with Crippen LogP contribution in [0.25, 0.3) is 0 Å². The lowest BCUT2D eigenvalue weighted by Crippen LogP contribution is -2.26. The molecule has 1 aromatic carbocycles. The normalized spacial score (nSPS) is 15.1. The second-order valence-electron chi connectivity index (χ2n) is 5.86. The van der Waals surface area contributed by atoms with E-state index in [1.165, 1.54) is 0 Å². The van der Waals surface area contributed by atoms with Crippen molar-refractivity contribution in [3.8, 4) is 0 Å². The van der Waals surface area contributed by atoms with Crippen LogP contribution < -0.4 is 5.73 Å². The maximum absolute atomic E-state index is 6.13. The predicted molar refractivity (Wildman–Crippen MR) is 76.0 cm³/mol. The number of aromatic nitrogens is 2. The van der Waals surface area contributed by atoms with Gasteiger partial charge in [0, 0.05) is 7.11 Å². The zero-order valence-corrected chi connectivity index (χ0v) is 12.3. The summed E-state index contributed by atoms with van der Waals surface area (Å²) >= 11 is 0. The van der Waals surface area contributed by atoms with Crippen molar-refractivity contribution in [2.75, 3.05) is 7.11 Å². The van der Waals surface area contributed by atoms with Crippen LogP contribution in [-0.2, 0) is 4.74 Å². The molecule has 2 N–H and O–H groups in total. The highest BCUT2D eigenvalue weighted by Crippen LogP contribution is 2.31. The molecule has 5 nitrogen and oxygen atoms in total. The Morgan fingerprint density at radius 2 is 1.85 bits per heavy atom. The molecule has 0 aliphatic carbocycles. The second kappa shape index (κ2) is 5.73. The van der Waals surface area contributed by atoms with E-state index in [1.807, 2.05) is 51.1 Å². The van der Waals surface area contributed by atoms with E-state index in [1.54, 1.807) is 7.11 Å². The Morgan fingerprint density at radius 1 is 1.20 bits per heavy atom. The molecule has 2 rings (SSSR count). The van der Waals surface area contributed by atoms with Crippen molar-refractivity contribution in [3.63, 3.8) is 0 Å². The van der Waals surface area contributed by atoms with Crippen molar-refractivity contribution in [1.82, 2.24) is 10.1 Å². The molecule has 1 heterocycles. The van der Waals surface area contributed by atoms with E-state index in [2.05, 4.69) is 10.1 Å². The summed E-state index contributed by atoms with van der Waals surface area (Å²) in [4.78, 5) is 4.40. The van der Waals surface area contributed by atoms with Crippen molar-refractivity contribution in [2.24, 2.45) is 11.1 Å². The number of hydrogen-bond donors (Lipinski definition) is 1. The number of ether oxygens (including phenoxy) is 1. The third-order valence-corrected chi connectivity index (χ3v) is 3.23. The summed E-state index contributed by atoms with van der Waals surface area (Å²) < 4.78 is 10.8. The third kappa shape index (κ3) is 3.05. The smallest absolute Gasteiger partial charge is 0.244 e. The number of methoxy groups -OCH3 is 1. The van der Waals surface area contributed by atoms with Gasteiger partial charge < -0.3 is 15.0 Å². The van der Waals surface area contributed by atoms with Crippen molar-refractivity contribution in [1.29, 1.82) is 0 Å². The molecule has 0 bridgehead atoms. The van der Waals surface area contributed by atoms with Crippen LogP contribution in [0.4, 0.5) is 0 Å². The van der Waals surface area contributed by atoms with Crippen LogP contribution >= 0.6 is 0 Å². The van der Waals surface area contributed by atoms with Gasteiger partial charge >= 0.3 is 0 Å². The summed E-state index contributed by atoms with van der Waals surface area (Å²) in [5, 5.41) is 4.01. The fourth-order valence-corrected chi connectivity index (χ4v) is 1.87. The second-order valence-corrected chi connectivity index (χ2v) is 5.86. The first-order valence-electron chi connectivity index (χ1n) is 6.60. The molecule has 108 valence electrons. The molecule has 0 aliphatic rings. The van der Waals surface area contributed by atoms with Gasteiger partial charge in [-0.3, -0.25) is 0 Å². The lowest BCUT2D eigenvalue weighted by atomic mass is 9.87. The Bertz CT molecular complexity index is 546. The van der Waals surface area contributed by atoms with Gasteiger partial charge in [-0.1, -0.05) is 56.3 Å². The van der Waals surface area contributed by atoms with Crippen LogP contribution in [0, 0.1) is 5.41 Å². The highest BCUT2D eigenvalue weighted by Gasteiger charge is 2.29. The number of nitrogens with two attached hydrogens (primary N) is 1. The molecule has 5 heteroatoms. The van der Waals surface area contributed by atoms with E-state index in [0.717, 1.165) is 5.56 Å². The largest absolute Gasteiger partial charge is 0.369 e. The molecule has 0 spiro atoms. The van der Waals surface area contributed by atoms with E-state index in [4.69, 9.17) is 15.0 Å². The molecule has 0 fully saturated rings. The zero-order valence-electron chi connectivity index (χ0n) is 12.3. The lowest BCUT2D eigenvalue weighted by Gasteiger charge is -2.23. The minimum Gasteiger partial charge on any atom is -0.369 e. The first kappa shape index (κ1) is 14.7. The Balaban J connectivity index is 2.27. The minimum atomic E-state index is -0.346. The van der Waals surface area contributed by atoms with E-state index >= 15 is 0 Å². The molecule has 0 aliphatic heterocycles. The Hall–Kier alpha value is -1.72. The average molecular weight is 275 g/mol. The molecule has 0 radical (unpaired) electrons. The zero-order chi connectivity index (χ0) is 14.8. The minimum absolute atomic E-state index is 0.140. The molecular formula is C15H21N3O2. The highest BCUT2D eigenvalue weighted by atomic mass is 16.5. The number of benzene rings is 1. The summed E-state index contributed by atoms with van der Waals surface area (Å²) in [6, 6.07) is 9.47. The van der Waals surface area contributed by atoms with Gasteiger partial charge in [0.2, 0.25) is 11.7 Å². The van der Waals surface area contributed by atoms with Crippen LogP contribution in [0.1, 0.15) is 50.2 Å². The van der Waals surface area contributed by atoms with Gasteiger partial charge in [0.05, 0.1) is 6.04 Å². The topological polar surface area (TPSA) is 74.2 Å². The average Bonchev–Trinajstić information content (AvgIpc) is 2.88. The molecular weight excluding hydrogens is 254 g/mol. The Kier molecular flexibility index (Phi) is 4.20. The summed E-state index contributed by atoms with van der Waals surface area (Å²) in [6.07, 6.45) is -0.346. The maximum atomic E-state index is 6.13. The molecule has 2 aromatic rings. The molecule has 0 saturated carbocycles. The third-order valence-electron chi connectivity index (χ3n) is 3.23. The van der Waals surface area contributed by atoms with Gasteiger partial charge in [-0.25, -0.2) is 0 Å². The van der Waals surface area contributed by atoms with Gasteiger partial charge in [0.1, 0.15) is 6.10 Å². The summed E-state index contributed by atoms with van der Waals surface area (Å²) in [5.74, 6) is 0.930. The van der Waals surface area contributed by atoms with E-state index in [9.17, 15) is 0 Å². The Labute approximate surface area is 119 Å². The molecule has 2 atom stereocenters. The predicted octanol–water partition coefficient (Wildman–Crippen LogP) is 2.85. The highest BCUT2D eigenvalue weighted by molar-refractivity contribution is 5.22. The van der Waals surface area contributed by atoms with Crippen LogP contribution in [0.2, 0.25) is 0 Å². The summed E-state index contributed by atoms with van der Waals surface area (Å²) in [7, 11) is 1.62. The summed E-state index contributed by atoms with van der Waals surface area (Å²) in [5.41, 5.74) is 6.97. The van der Waals surface area contributed by atoms with Gasteiger partial charge in [-0.15, -0.1) is 0 Å². The van der Waals surface area contributed by atoms with Crippen molar-refractivity contribution in [2.45, 2.75) is 32.9 Å². The van der Waals surface area contributed by atoms with Gasteiger partial charge in [-0.2, -0.15) is 4.98 Å². The van der Waals surface area contributed by atoms with Crippen molar-refractivity contribution < 1.29 is 9.26 Å². The summed E-state index contributed by atoms with van der Waals surface area (Å²) in [6.45, 7) is 6.10. The monoisotopic (exact) mass is 275 g/mol. The van der Waals surface area contributed by atoms with Crippen LogP contribution in [-0.4, -0.2) is 17.3 Å². The van der Waals surface area contributed by atoms with Crippen LogP contribution in [0.15, 0.2) is 34.9 Å². The van der Waals surface area contributed by atoms with Crippen LogP contribution in [0.5, 0.6) is 0 Å². The number of hydrogen-bond acceptors (Lipinski definition) is 5. The van der Waals surface area contributed by atoms with E-state index < -0.39 is 0 Å². The molecule has 0 saturated heterocycles. The quantitative estimate of drug-likeness (QED) is 0.928. The maximum Gasteiger partial charge on any atom is 0.244 e. The van der Waals surface area contributed by atoms with E-state index in [0.29, 0.717) is 11.7 Å².